The van der Waals surface area contributed by atoms with Crippen LogP contribution in [0.5, 0.6) is 0 Å². The highest BCUT2D eigenvalue weighted by molar-refractivity contribution is 7.92. The molecule has 1 aromatic heterocycles. The number of rotatable bonds is 4. The average Bonchev–Trinajstić information content (AvgIpc) is 2.73. The van der Waals surface area contributed by atoms with E-state index in [1.807, 2.05) is 0 Å². The molecule has 1 aliphatic heterocycles. The average molecular weight is 482 g/mol. The van der Waals surface area contributed by atoms with Crippen LogP contribution in [-0.2, 0) is 16.0 Å². The van der Waals surface area contributed by atoms with Gasteiger partial charge in [-0.25, -0.2) is 17.6 Å². The summed E-state index contributed by atoms with van der Waals surface area (Å²) in [6, 6.07) is 1.21. The van der Waals surface area contributed by atoms with Crippen molar-refractivity contribution < 1.29 is 39.6 Å². The van der Waals surface area contributed by atoms with E-state index in [1.54, 1.807) is 0 Å². The monoisotopic (exact) mass is 482 g/mol. The summed E-state index contributed by atoms with van der Waals surface area (Å²) in [5.41, 5.74) is -1.44. The molecular formula is C18H16F6N4O3S. The van der Waals surface area contributed by atoms with Gasteiger partial charge in [0.15, 0.2) is 0 Å². The fourth-order valence-corrected chi connectivity index (χ4v) is 4.75. The van der Waals surface area contributed by atoms with Crippen molar-refractivity contribution in [1.29, 1.82) is 0 Å². The van der Waals surface area contributed by atoms with E-state index in [1.165, 1.54) is 23.4 Å². The van der Waals surface area contributed by atoms with E-state index in [0.29, 0.717) is 11.8 Å². The number of amides is 2. The topological polar surface area (TPSA) is 92.3 Å². The summed E-state index contributed by atoms with van der Waals surface area (Å²) < 4.78 is 106. The maximum absolute atomic E-state index is 14.8. The fourth-order valence-electron chi connectivity index (χ4n) is 3.26. The van der Waals surface area contributed by atoms with Gasteiger partial charge < -0.3 is 10.2 Å². The van der Waals surface area contributed by atoms with E-state index in [0.717, 1.165) is 0 Å². The van der Waals surface area contributed by atoms with Gasteiger partial charge in [-0.2, -0.15) is 32.1 Å². The first-order chi connectivity index (χ1) is 14.8. The first-order valence-corrected chi connectivity index (χ1v) is 10.6. The van der Waals surface area contributed by atoms with Crippen LogP contribution in [0, 0.1) is 11.7 Å². The number of likely N-dealkylation sites (tertiary alicyclic amines) is 1. The van der Waals surface area contributed by atoms with E-state index >= 15 is 0 Å². The number of urea groups is 1. The molecule has 1 N–H and O–H groups in total. The number of hydrogen-bond donors (Lipinski definition) is 1. The Morgan fingerprint density at radius 3 is 2.25 bits per heavy atom. The first-order valence-electron chi connectivity index (χ1n) is 9.16. The van der Waals surface area contributed by atoms with Crippen molar-refractivity contribution in [3.63, 3.8) is 0 Å². The van der Waals surface area contributed by atoms with Crippen molar-refractivity contribution in [3.05, 3.63) is 48.0 Å². The maximum atomic E-state index is 14.8. The number of sulfone groups is 1. The number of nitrogens with zero attached hydrogens (tertiary/aromatic N) is 3. The molecule has 32 heavy (non-hydrogen) atoms. The highest BCUT2D eigenvalue weighted by atomic mass is 32.2. The molecule has 2 amide bonds. The lowest BCUT2D eigenvalue weighted by atomic mass is 9.97. The molecule has 174 valence electrons. The third kappa shape index (κ3) is 4.64. The molecule has 1 fully saturated rings. The maximum Gasteiger partial charge on any atom is 0.419 e. The van der Waals surface area contributed by atoms with Crippen LogP contribution < -0.4 is 5.32 Å². The van der Waals surface area contributed by atoms with Gasteiger partial charge in [-0.05, 0) is 37.1 Å². The van der Waals surface area contributed by atoms with Crippen LogP contribution in [0.25, 0.3) is 0 Å². The van der Waals surface area contributed by atoms with Crippen LogP contribution >= 0.6 is 0 Å². The third-order valence-corrected chi connectivity index (χ3v) is 6.93. The third-order valence-electron chi connectivity index (χ3n) is 5.01. The minimum Gasteiger partial charge on any atom is -0.325 e. The molecule has 2 aromatic rings. The molecule has 14 heteroatoms. The van der Waals surface area contributed by atoms with Crippen molar-refractivity contribution in [2.75, 3.05) is 18.4 Å². The van der Waals surface area contributed by atoms with Crippen molar-refractivity contribution >= 4 is 21.6 Å². The zero-order valence-corrected chi connectivity index (χ0v) is 16.9. The van der Waals surface area contributed by atoms with Crippen LogP contribution in [-0.4, -0.2) is 47.9 Å². The zero-order valence-electron chi connectivity index (χ0n) is 16.1. The summed E-state index contributed by atoms with van der Waals surface area (Å²) in [4.78, 5) is 12.2. The summed E-state index contributed by atoms with van der Waals surface area (Å²) in [7, 11) is -5.48. The highest BCUT2D eigenvalue weighted by Gasteiger charge is 2.53. The number of hydrogen-bond acceptors (Lipinski definition) is 5. The molecule has 1 aromatic carbocycles. The Balaban J connectivity index is 1.71. The summed E-state index contributed by atoms with van der Waals surface area (Å²) in [5, 5.41) is 5.22. The number of carbonyl (C=O) groups excluding carboxylic acids is 1. The minimum atomic E-state index is -5.48. The second-order valence-electron chi connectivity index (χ2n) is 7.03. The van der Waals surface area contributed by atoms with Gasteiger partial charge in [0.25, 0.3) is 0 Å². The summed E-state index contributed by atoms with van der Waals surface area (Å²) in [5.74, 6) is -3.68. The van der Waals surface area contributed by atoms with Crippen molar-refractivity contribution in [3.8, 4) is 0 Å². The van der Waals surface area contributed by atoms with Gasteiger partial charge in [0, 0.05) is 19.0 Å². The standard InChI is InChI=1S/C18H16F6N4O3S/c19-15-9-13(1-2-14(15)17(20,21)22)32(30,31)18(23,24)11-4-7-28(8-5-11)16(29)27-12-3-6-25-26-10-12/h1-3,6,9-11H,4-5,7-8H2,(H,25,27,29). The normalized spacial score (nSPS) is 16.1. The molecule has 7 nitrogen and oxygen atoms in total. The minimum absolute atomic E-state index is 0.0581. The summed E-state index contributed by atoms with van der Waals surface area (Å²) >= 11 is 0. The molecule has 2 heterocycles. The Morgan fingerprint density at radius 1 is 1.06 bits per heavy atom. The van der Waals surface area contributed by atoms with Gasteiger partial charge in [-0.3, -0.25) is 0 Å². The van der Waals surface area contributed by atoms with Crippen LogP contribution in [0.1, 0.15) is 18.4 Å². The van der Waals surface area contributed by atoms with E-state index in [9.17, 15) is 39.6 Å². The van der Waals surface area contributed by atoms with Gasteiger partial charge >= 0.3 is 17.5 Å². The number of alkyl halides is 5. The van der Waals surface area contributed by atoms with Crippen LogP contribution in [0.2, 0.25) is 0 Å². The largest absolute Gasteiger partial charge is 0.419 e. The number of halogens is 6. The van der Waals surface area contributed by atoms with E-state index in [-0.39, 0.29) is 25.2 Å². The Morgan fingerprint density at radius 2 is 1.72 bits per heavy atom. The molecular weight excluding hydrogens is 466 g/mol. The van der Waals surface area contributed by atoms with Gasteiger partial charge in [0.05, 0.1) is 28.5 Å². The zero-order chi connectivity index (χ0) is 23.7. The predicted octanol–water partition coefficient (Wildman–Crippen LogP) is 3.95. The SMILES string of the molecule is O=C(Nc1ccnnc1)N1CCC(C(F)(F)S(=O)(=O)c2ccc(C(F)(F)F)c(F)c2)CC1. The number of nitrogens with one attached hydrogen (secondary N) is 1. The molecule has 0 aliphatic carbocycles. The Bertz CT molecular complexity index is 1090. The lowest BCUT2D eigenvalue weighted by molar-refractivity contribution is -0.140. The predicted molar refractivity (Wildman–Crippen MR) is 98.9 cm³/mol. The number of piperidine rings is 1. The van der Waals surface area contributed by atoms with Gasteiger partial charge in [0.1, 0.15) is 5.82 Å². The van der Waals surface area contributed by atoms with Gasteiger partial charge in [-0.1, -0.05) is 0 Å². The molecule has 0 radical (unpaired) electrons. The van der Waals surface area contributed by atoms with E-state index in [4.69, 9.17) is 0 Å². The molecule has 1 aliphatic rings. The van der Waals surface area contributed by atoms with Gasteiger partial charge in [-0.15, -0.1) is 0 Å². The van der Waals surface area contributed by atoms with E-state index < -0.39 is 62.3 Å². The van der Waals surface area contributed by atoms with Crippen molar-refractivity contribution in [1.82, 2.24) is 15.1 Å². The lowest BCUT2D eigenvalue weighted by Gasteiger charge is -2.35. The molecule has 0 unspecified atom stereocenters. The number of aromatic nitrogens is 2. The highest BCUT2D eigenvalue weighted by Crippen LogP contribution is 2.42. The second-order valence-corrected chi connectivity index (χ2v) is 9.05. The van der Waals surface area contributed by atoms with Crippen molar-refractivity contribution in [2.45, 2.75) is 29.2 Å². The van der Waals surface area contributed by atoms with Crippen LogP contribution in [0.15, 0.2) is 41.6 Å². The molecule has 0 atom stereocenters. The smallest absolute Gasteiger partial charge is 0.325 e. The summed E-state index contributed by atoms with van der Waals surface area (Å²) in [6.07, 6.45) is -3.28. The van der Waals surface area contributed by atoms with Gasteiger partial charge in [0.2, 0.25) is 9.84 Å². The van der Waals surface area contributed by atoms with Crippen molar-refractivity contribution in [2.24, 2.45) is 5.92 Å². The first kappa shape index (κ1) is 23.8. The summed E-state index contributed by atoms with van der Waals surface area (Å²) in [6.45, 7) is -0.386. The molecule has 0 saturated carbocycles. The Labute approximate surface area is 178 Å². The second kappa shape index (κ2) is 8.56. The Kier molecular flexibility index (Phi) is 6.36. The number of anilines is 1. The molecule has 1 saturated heterocycles. The molecule has 0 bridgehead atoms. The fraction of sp³-hybridized carbons (Fsp3) is 0.389. The van der Waals surface area contributed by atoms with E-state index in [2.05, 4.69) is 15.5 Å². The number of carbonyl (C=O) groups is 1. The Hall–Kier alpha value is -2.90. The molecule has 0 spiro atoms. The lowest BCUT2D eigenvalue weighted by Crippen LogP contribution is -2.47. The molecule has 3 rings (SSSR count). The number of benzene rings is 1. The van der Waals surface area contributed by atoms with Crippen LogP contribution in [0.4, 0.5) is 36.8 Å². The quantitative estimate of drug-likeness (QED) is 0.667. The van der Waals surface area contributed by atoms with Crippen LogP contribution in [0.3, 0.4) is 0 Å².